The van der Waals surface area contributed by atoms with Crippen LogP contribution in [0.25, 0.3) is 10.9 Å². The van der Waals surface area contributed by atoms with Gasteiger partial charge in [-0.1, -0.05) is 47.0 Å². The van der Waals surface area contributed by atoms with Crippen molar-refractivity contribution < 1.29 is 8.78 Å². The van der Waals surface area contributed by atoms with Crippen molar-refractivity contribution in [2.24, 2.45) is 0 Å². The van der Waals surface area contributed by atoms with Crippen molar-refractivity contribution >= 4 is 56.6 Å². The van der Waals surface area contributed by atoms with Gasteiger partial charge in [0.1, 0.15) is 5.82 Å². The molecule has 0 fully saturated rings. The number of anilines is 2. The second-order valence-corrected chi connectivity index (χ2v) is 9.41. The van der Waals surface area contributed by atoms with E-state index >= 15 is 0 Å². The number of aromatic amines is 1. The molecule has 0 radical (unpaired) electrons. The lowest BCUT2D eigenvalue weighted by molar-refractivity contribution is 0.252. The van der Waals surface area contributed by atoms with Crippen molar-refractivity contribution in [3.05, 3.63) is 64.7 Å². The molecule has 0 unspecified atom stereocenters. The molecule has 2 aromatic carbocycles. The van der Waals surface area contributed by atoms with Crippen LogP contribution in [0.5, 0.6) is 0 Å². The molecule has 30 heavy (non-hydrogen) atoms. The summed E-state index contributed by atoms with van der Waals surface area (Å²) in [6.07, 6.45) is 0.594. The van der Waals surface area contributed by atoms with Crippen LogP contribution in [0.15, 0.2) is 62.6 Å². The number of hydrogen-bond donors (Lipinski definition) is 2. The lowest BCUT2D eigenvalue weighted by atomic mass is 10.2. The molecule has 6 nitrogen and oxygen atoms in total. The van der Waals surface area contributed by atoms with E-state index < -0.39 is 5.76 Å². The quantitative estimate of drug-likeness (QED) is 0.349. The Kier molecular flexibility index (Phi) is 6.60. The number of hydrogen-bond acceptors (Lipinski definition) is 8. The molecule has 0 saturated heterocycles. The Hall–Kier alpha value is -2.50. The Balaban J connectivity index is 1.32. The zero-order valence-corrected chi connectivity index (χ0v) is 17.8. The minimum atomic E-state index is -2.44. The molecule has 0 aliphatic heterocycles. The van der Waals surface area contributed by atoms with Gasteiger partial charge in [0.05, 0.1) is 10.9 Å². The summed E-state index contributed by atoms with van der Waals surface area (Å²) in [5.74, 6) is -1.11. The SMILES string of the molecule is O=c1[nH]c(CCSc2nnc(Nc3ccc(SC(F)F)cc3)s2)nc2ccccc12. The number of rotatable bonds is 8. The van der Waals surface area contributed by atoms with Crippen molar-refractivity contribution in [1.29, 1.82) is 0 Å². The number of nitrogens with one attached hydrogen (secondary N) is 2. The zero-order valence-electron chi connectivity index (χ0n) is 15.3. The van der Waals surface area contributed by atoms with E-state index in [-0.39, 0.29) is 5.56 Å². The highest BCUT2D eigenvalue weighted by molar-refractivity contribution is 8.01. The smallest absolute Gasteiger partial charge is 0.288 e. The van der Waals surface area contributed by atoms with Crippen LogP contribution in [-0.4, -0.2) is 31.7 Å². The summed E-state index contributed by atoms with van der Waals surface area (Å²) in [4.78, 5) is 19.9. The Labute approximate surface area is 182 Å². The summed E-state index contributed by atoms with van der Waals surface area (Å²) in [7, 11) is 0. The third-order valence-corrected chi connectivity index (χ3v) is 6.66. The largest absolute Gasteiger partial charge is 0.330 e. The number of aryl methyl sites for hydroxylation is 1. The highest BCUT2D eigenvalue weighted by Gasteiger charge is 2.08. The van der Waals surface area contributed by atoms with Gasteiger partial charge in [-0.15, -0.1) is 10.2 Å². The average molecular weight is 464 g/mol. The van der Waals surface area contributed by atoms with Gasteiger partial charge in [-0.2, -0.15) is 8.78 Å². The Morgan fingerprint density at radius 3 is 2.70 bits per heavy atom. The first kappa shape index (κ1) is 20.8. The maximum absolute atomic E-state index is 12.4. The molecule has 11 heteroatoms. The number of para-hydroxylation sites is 1. The Bertz CT molecular complexity index is 1200. The van der Waals surface area contributed by atoms with Crippen molar-refractivity contribution in [1.82, 2.24) is 20.2 Å². The Morgan fingerprint density at radius 2 is 1.90 bits per heavy atom. The number of aromatic nitrogens is 4. The molecule has 0 spiro atoms. The van der Waals surface area contributed by atoms with Gasteiger partial charge in [-0.05, 0) is 36.4 Å². The molecule has 4 rings (SSSR count). The van der Waals surface area contributed by atoms with Gasteiger partial charge in [0.15, 0.2) is 4.34 Å². The van der Waals surface area contributed by atoms with Crippen molar-refractivity contribution in [3.8, 4) is 0 Å². The van der Waals surface area contributed by atoms with E-state index in [2.05, 4.69) is 25.5 Å². The number of fused-ring (bicyclic) bond motifs is 1. The third-order valence-electron chi connectivity index (χ3n) is 3.96. The van der Waals surface area contributed by atoms with Crippen LogP contribution >= 0.6 is 34.9 Å². The summed E-state index contributed by atoms with van der Waals surface area (Å²) >= 11 is 3.43. The van der Waals surface area contributed by atoms with Gasteiger partial charge >= 0.3 is 0 Å². The first-order chi connectivity index (χ1) is 14.6. The van der Waals surface area contributed by atoms with E-state index in [4.69, 9.17) is 0 Å². The van der Waals surface area contributed by atoms with E-state index in [1.54, 1.807) is 30.3 Å². The second kappa shape index (κ2) is 9.54. The molecule has 0 bridgehead atoms. The second-order valence-electron chi connectivity index (χ2n) is 6.03. The minimum Gasteiger partial charge on any atom is -0.330 e. The van der Waals surface area contributed by atoms with Crippen molar-refractivity contribution in [2.75, 3.05) is 11.1 Å². The van der Waals surface area contributed by atoms with Gasteiger partial charge < -0.3 is 10.3 Å². The number of benzene rings is 2. The molecular formula is C19H15F2N5OS3. The van der Waals surface area contributed by atoms with Crippen LogP contribution in [-0.2, 0) is 6.42 Å². The normalized spacial score (nSPS) is 11.3. The zero-order chi connectivity index (χ0) is 20.9. The summed E-state index contributed by atoms with van der Waals surface area (Å²) in [6.45, 7) is 0. The number of nitrogens with zero attached hydrogens (tertiary/aromatic N) is 3. The van der Waals surface area contributed by atoms with Gasteiger partial charge in [-0.25, -0.2) is 4.98 Å². The fraction of sp³-hybridized carbons (Fsp3) is 0.158. The fourth-order valence-electron chi connectivity index (χ4n) is 2.65. The van der Waals surface area contributed by atoms with E-state index in [9.17, 15) is 13.6 Å². The molecule has 0 saturated carbocycles. The molecule has 4 aromatic rings. The van der Waals surface area contributed by atoms with Gasteiger partial charge in [0, 0.05) is 22.8 Å². The third kappa shape index (κ3) is 5.35. The standard InChI is InChI=1S/C19H15F2N5OS3/c20-17(21)29-12-7-5-11(6-8-12)22-18-25-26-19(30-18)28-10-9-15-23-14-4-2-1-3-13(14)16(27)24-15/h1-8,17H,9-10H2,(H,22,25)(H,23,24,27). The number of H-pyrrole nitrogens is 1. The Morgan fingerprint density at radius 1 is 1.10 bits per heavy atom. The summed E-state index contributed by atoms with van der Waals surface area (Å²) < 4.78 is 25.5. The van der Waals surface area contributed by atoms with Crippen LogP contribution < -0.4 is 10.9 Å². The maximum Gasteiger partial charge on any atom is 0.288 e. The van der Waals surface area contributed by atoms with E-state index in [1.807, 2.05) is 18.2 Å². The van der Waals surface area contributed by atoms with Crippen LogP contribution in [0.1, 0.15) is 5.82 Å². The number of thioether (sulfide) groups is 2. The summed E-state index contributed by atoms with van der Waals surface area (Å²) in [5, 5.41) is 12.6. The van der Waals surface area contributed by atoms with E-state index in [0.29, 0.717) is 50.7 Å². The highest BCUT2D eigenvalue weighted by atomic mass is 32.2. The molecule has 0 aliphatic carbocycles. The predicted octanol–water partition coefficient (Wildman–Crippen LogP) is 5.17. The minimum absolute atomic E-state index is 0.138. The van der Waals surface area contributed by atoms with Crippen LogP contribution in [0.4, 0.5) is 19.6 Å². The van der Waals surface area contributed by atoms with Crippen LogP contribution in [0.2, 0.25) is 0 Å². The molecule has 2 N–H and O–H groups in total. The van der Waals surface area contributed by atoms with Gasteiger partial charge in [0.25, 0.3) is 11.3 Å². The topological polar surface area (TPSA) is 83.6 Å². The average Bonchev–Trinajstić information content (AvgIpc) is 3.16. The monoisotopic (exact) mass is 463 g/mol. The first-order valence-corrected chi connectivity index (χ1v) is 11.5. The van der Waals surface area contributed by atoms with E-state index in [0.717, 1.165) is 10.0 Å². The van der Waals surface area contributed by atoms with Crippen LogP contribution in [0.3, 0.4) is 0 Å². The molecule has 2 aromatic heterocycles. The molecule has 0 atom stereocenters. The van der Waals surface area contributed by atoms with E-state index in [1.165, 1.54) is 23.1 Å². The summed E-state index contributed by atoms with van der Waals surface area (Å²) in [6, 6.07) is 14.0. The first-order valence-electron chi connectivity index (χ1n) is 8.83. The number of halogens is 2. The van der Waals surface area contributed by atoms with Crippen molar-refractivity contribution in [3.63, 3.8) is 0 Å². The number of alkyl halides is 2. The molecule has 0 amide bonds. The lowest BCUT2D eigenvalue weighted by Gasteiger charge is -2.03. The fourth-order valence-corrected chi connectivity index (χ4v) is 4.94. The predicted molar refractivity (Wildman–Crippen MR) is 118 cm³/mol. The molecular weight excluding hydrogens is 448 g/mol. The van der Waals surface area contributed by atoms with Gasteiger partial charge in [-0.3, -0.25) is 4.79 Å². The molecule has 154 valence electrons. The van der Waals surface area contributed by atoms with Crippen LogP contribution in [0, 0.1) is 0 Å². The molecule has 2 heterocycles. The highest BCUT2D eigenvalue weighted by Crippen LogP contribution is 2.30. The lowest BCUT2D eigenvalue weighted by Crippen LogP contribution is -2.12. The van der Waals surface area contributed by atoms with Gasteiger partial charge in [0.2, 0.25) is 5.13 Å². The maximum atomic E-state index is 12.4. The summed E-state index contributed by atoms with van der Waals surface area (Å²) in [5.41, 5.74) is 1.29. The molecule has 0 aliphatic rings. The van der Waals surface area contributed by atoms with Crippen molar-refractivity contribution in [2.45, 2.75) is 21.4 Å².